The van der Waals surface area contributed by atoms with Gasteiger partial charge >= 0.3 is 5.92 Å². The highest BCUT2D eigenvalue weighted by Crippen LogP contribution is 2.27. The Morgan fingerprint density at radius 2 is 2.05 bits per heavy atom. The molecule has 0 bridgehead atoms. The molecule has 4 nitrogen and oxygen atoms in total. The van der Waals surface area contributed by atoms with Gasteiger partial charge in [0.1, 0.15) is 25.9 Å². The predicted octanol–water partition coefficient (Wildman–Crippen LogP) is 1.15. The van der Waals surface area contributed by atoms with Gasteiger partial charge in [-0.3, -0.25) is 4.98 Å². The molecule has 0 saturated heterocycles. The van der Waals surface area contributed by atoms with Crippen LogP contribution >= 0.6 is 0 Å². The molecule has 0 atom stereocenters. The van der Waals surface area contributed by atoms with Crippen molar-refractivity contribution in [2.24, 2.45) is 0 Å². The van der Waals surface area contributed by atoms with Crippen LogP contribution in [0.2, 0.25) is 0 Å². The number of halogens is 2. The van der Waals surface area contributed by atoms with E-state index in [9.17, 15) is 8.78 Å². The third kappa shape index (κ3) is 3.06. The van der Waals surface area contributed by atoms with Crippen LogP contribution in [0, 0.1) is 0 Å². The summed E-state index contributed by atoms with van der Waals surface area (Å²) < 4.78 is 31.5. The first-order valence-corrected chi connectivity index (χ1v) is 5.36. The standard InChI is InChI=1S/C12H9BF2N2O2/c13-9-2-1-5-16-11(9)19-8-3-4-10(17-6-8)12(14,15)7-18/h1-6,18H,7H2. The van der Waals surface area contributed by atoms with Crippen LogP contribution in [-0.2, 0) is 5.92 Å². The fraction of sp³-hybridized carbons (Fsp3) is 0.167. The van der Waals surface area contributed by atoms with Crippen molar-refractivity contribution in [1.29, 1.82) is 0 Å². The minimum absolute atomic E-state index is 0.172. The molecule has 0 fully saturated rings. The number of pyridine rings is 2. The fourth-order valence-corrected chi connectivity index (χ4v) is 1.34. The Labute approximate surface area is 109 Å². The minimum Gasteiger partial charge on any atom is -0.438 e. The van der Waals surface area contributed by atoms with Gasteiger partial charge in [-0.2, -0.15) is 8.78 Å². The Morgan fingerprint density at radius 3 is 2.63 bits per heavy atom. The molecule has 1 N–H and O–H groups in total. The second-order valence-electron chi connectivity index (χ2n) is 3.74. The van der Waals surface area contributed by atoms with Gasteiger partial charge in [-0.15, -0.1) is 0 Å². The van der Waals surface area contributed by atoms with Crippen molar-refractivity contribution in [3.8, 4) is 11.6 Å². The summed E-state index contributed by atoms with van der Waals surface area (Å²) in [5, 5.41) is 8.54. The van der Waals surface area contributed by atoms with Gasteiger partial charge in [-0.1, -0.05) is 6.07 Å². The number of hydrogen-bond acceptors (Lipinski definition) is 4. The van der Waals surface area contributed by atoms with Crippen molar-refractivity contribution in [3.63, 3.8) is 0 Å². The van der Waals surface area contributed by atoms with Crippen LogP contribution in [-0.4, -0.2) is 29.5 Å². The molecule has 2 radical (unpaired) electrons. The lowest BCUT2D eigenvalue weighted by molar-refractivity contribution is -0.0592. The average Bonchev–Trinajstić information content (AvgIpc) is 2.42. The molecule has 0 amide bonds. The van der Waals surface area contributed by atoms with E-state index in [1.165, 1.54) is 12.3 Å². The number of aliphatic hydroxyl groups excluding tert-OH is 1. The monoisotopic (exact) mass is 262 g/mol. The second kappa shape index (κ2) is 5.32. The molecular formula is C12H9BF2N2O2. The third-order valence-electron chi connectivity index (χ3n) is 2.32. The highest BCUT2D eigenvalue weighted by Gasteiger charge is 2.32. The maximum Gasteiger partial charge on any atom is 0.312 e. The zero-order valence-electron chi connectivity index (χ0n) is 9.75. The first-order valence-electron chi connectivity index (χ1n) is 5.36. The van der Waals surface area contributed by atoms with E-state index in [1.807, 2.05) is 0 Å². The first kappa shape index (κ1) is 13.4. The summed E-state index contributed by atoms with van der Waals surface area (Å²) in [6.45, 7) is -1.30. The van der Waals surface area contributed by atoms with Crippen LogP contribution in [0.5, 0.6) is 11.6 Å². The molecule has 2 aromatic rings. The Balaban J connectivity index is 2.18. The van der Waals surface area contributed by atoms with Gasteiger partial charge < -0.3 is 9.84 Å². The van der Waals surface area contributed by atoms with E-state index in [-0.39, 0.29) is 11.6 Å². The van der Waals surface area contributed by atoms with Crippen molar-refractivity contribution < 1.29 is 18.6 Å². The van der Waals surface area contributed by atoms with E-state index in [0.29, 0.717) is 5.46 Å². The summed E-state index contributed by atoms with van der Waals surface area (Å²) in [6.07, 6.45) is 2.61. The number of aromatic nitrogens is 2. The minimum atomic E-state index is -3.37. The highest BCUT2D eigenvalue weighted by molar-refractivity contribution is 6.33. The summed E-state index contributed by atoms with van der Waals surface area (Å²) in [5.41, 5.74) is -0.205. The number of rotatable bonds is 4. The van der Waals surface area contributed by atoms with E-state index < -0.39 is 18.2 Å². The van der Waals surface area contributed by atoms with E-state index in [1.54, 1.807) is 12.1 Å². The molecule has 0 spiro atoms. The van der Waals surface area contributed by atoms with Crippen molar-refractivity contribution >= 4 is 13.3 Å². The smallest absolute Gasteiger partial charge is 0.312 e. The van der Waals surface area contributed by atoms with Crippen LogP contribution in [0.3, 0.4) is 0 Å². The molecule has 0 aliphatic carbocycles. The number of ether oxygens (including phenoxy) is 1. The second-order valence-corrected chi connectivity index (χ2v) is 3.74. The van der Waals surface area contributed by atoms with E-state index in [4.69, 9.17) is 17.7 Å². The van der Waals surface area contributed by atoms with E-state index in [0.717, 1.165) is 12.3 Å². The quantitative estimate of drug-likeness (QED) is 0.839. The van der Waals surface area contributed by atoms with Crippen molar-refractivity contribution in [2.45, 2.75) is 5.92 Å². The third-order valence-corrected chi connectivity index (χ3v) is 2.32. The normalized spacial score (nSPS) is 11.3. The molecule has 7 heteroatoms. The molecule has 2 heterocycles. The first-order chi connectivity index (χ1) is 9.03. The Bertz CT molecular complexity index is 564. The molecule has 0 aromatic carbocycles. The number of alkyl halides is 2. The predicted molar refractivity (Wildman–Crippen MR) is 64.9 cm³/mol. The largest absolute Gasteiger partial charge is 0.438 e. The molecule has 0 aliphatic rings. The van der Waals surface area contributed by atoms with Crippen LogP contribution < -0.4 is 10.2 Å². The van der Waals surface area contributed by atoms with Gasteiger partial charge in [0, 0.05) is 6.20 Å². The maximum absolute atomic E-state index is 13.1. The van der Waals surface area contributed by atoms with Crippen molar-refractivity contribution in [3.05, 3.63) is 42.4 Å². The summed E-state index contributed by atoms with van der Waals surface area (Å²) in [7, 11) is 5.63. The summed E-state index contributed by atoms with van der Waals surface area (Å²) in [4.78, 5) is 7.44. The van der Waals surface area contributed by atoms with Crippen LogP contribution in [0.1, 0.15) is 5.69 Å². The van der Waals surface area contributed by atoms with E-state index >= 15 is 0 Å². The maximum atomic E-state index is 13.1. The molecule has 96 valence electrons. The van der Waals surface area contributed by atoms with Gasteiger partial charge in [-0.25, -0.2) is 4.98 Å². The zero-order chi connectivity index (χ0) is 13.9. The summed E-state index contributed by atoms with van der Waals surface area (Å²) in [5.74, 6) is -2.98. The molecular weight excluding hydrogens is 253 g/mol. The van der Waals surface area contributed by atoms with Gasteiger partial charge in [0.25, 0.3) is 0 Å². The van der Waals surface area contributed by atoms with E-state index in [2.05, 4.69) is 9.97 Å². The molecule has 2 rings (SSSR count). The van der Waals surface area contributed by atoms with Crippen LogP contribution in [0.25, 0.3) is 0 Å². The van der Waals surface area contributed by atoms with Crippen LogP contribution in [0.4, 0.5) is 8.78 Å². The highest BCUT2D eigenvalue weighted by atomic mass is 19.3. The number of nitrogens with zero attached hydrogens (tertiary/aromatic N) is 2. The lowest BCUT2D eigenvalue weighted by Gasteiger charge is -2.13. The Kier molecular flexibility index (Phi) is 3.75. The van der Waals surface area contributed by atoms with Gasteiger partial charge in [0.2, 0.25) is 5.88 Å². The summed E-state index contributed by atoms with van der Waals surface area (Å²) in [6, 6.07) is 5.63. The lowest BCUT2D eigenvalue weighted by atomic mass is 9.98. The van der Waals surface area contributed by atoms with Crippen molar-refractivity contribution in [2.75, 3.05) is 6.61 Å². The lowest BCUT2D eigenvalue weighted by Crippen LogP contribution is -2.19. The molecule has 2 aromatic heterocycles. The zero-order valence-corrected chi connectivity index (χ0v) is 9.75. The number of aliphatic hydroxyl groups is 1. The molecule has 0 aliphatic heterocycles. The van der Waals surface area contributed by atoms with Gasteiger partial charge in [0.05, 0.1) is 6.20 Å². The SMILES string of the molecule is [B]c1cccnc1Oc1ccc(C(F)(F)CO)nc1. The number of hydrogen-bond donors (Lipinski definition) is 1. The fourth-order valence-electron chi connectivity index (χ4n) is 1.34. The van der Waals surface area contributed by atoms with Crippen LogP contribution in [0.15, 0.2) is 36.7 Å². The Hall–Kier alpha value is -2.02. The topological polar surface area (TPSA) is 55.2 Å². The summed E-state index contributed by atoms with van der Waals surface area (Å²) >= 11 is 0. The molecule has 0 saturated carbocycles. The molecule has 19 heavy (non-hydrogen) atoms. The van der Waals surface area contributed by atoms with Gasteiger partial charge in [0.15, 0.2) is 0 Å². The van der Waals surface area contributed by atoms with Gasteiger partial charge in [-0.05, 0) is 23.7 Å². The molecule has 0 unspecified atom stereocenters. The average molecular weight is 262 g/mol. The van der Waals surface area contributed by atoms with Crippen molar-refractivity contribution in [1.82, 2.24) is 9.97 Å². The Morgan fingerprint density at radius 1 is 1.26 bits per heavy atom.